The summed E-state index contributed by atoms with van der Waals surface area (Å²) in [5.74, 6) is -1.24. The Balaban J connectivity index is 1.53. The van der Waals surface area contributed by atoms with Gasteiger partial charge in [-0.2, -0.15) is 0 Å². The first kappa shape index (κ1) is 19.4. The molecular formula is C19H20N2O4S2. The molecule has 1 atom stereocenters. The molecule has 2 heterocycles. The number of amides is 2. The van der Waals surface area contributed by atoms with Crippen LogP contribution in [0.5, 0.6) is 0 Å². The number of fused-ring (bicyclic) bond motifs is 1. The Bertz CT molecular complexity index is 823. The van der Waals surface area contributed by atoms with Crippen molar-refractivity contribution < 1.29 is 19.1 Å². The summed E-state index contributed by atoms with van der Waals surface area (Å²) in [6.07, 6.45) is 0.857. The predicted octanol–water partition coefficient (Wildman–Crippen LogP) is 2.94. The number of benzene rings is 1. The number of thiophene rings is 1. The minimum atomic E-state index is -0.640. The molecule has 0 bridgehead atoms. The lowest BCUT2D eigenvalue weighted by Gasteiger charge is -2.22. The molecule has 0 saturated heterocycles. The van der Waals surface area contributed by atoms with E-state index in [1.165, 1.54) is 11.3 Å². The monoisotopic (exact) mass is 404 g/mol. The molecule has 0 spiro atoms. The Labute approximate surface area is 165 Å². The zero-order valence-corrected chi connectivity index (χ0v) is 16.5. The summed E-state index contributed by atoms with van der Waals surface area (Å²) in [6.45, 7) is 2.09. The molecule has 0 radical (unpaired) electrons. The van der Waals surface area contributed by atoms with Crippen molar-refractivity contribution in [3.05, 3.63) is 46.7 Å². The van der Waals surface area contributed by atoms with Crippen molar-refractivity contribution in [3.8, 4) is 0 Å². The molecule has 8 heteroatoms. The number of anilines is 1. The summed E-state index contributed by atoms with van der Waals surface area (Å²) in [5, 5.41) is 4.67. The number of para-hydroxylation sites is 1. The van der Waals surface area contributed by atoms with E-state index >= 15 is 0 Å². The molecular weight excluding hydrogens is 384 g/mol. The molecule has 2 aromatic rings. The van der Waals surface area contributed by atoms with Crippen molar-refractivity contribution in [3.63, 3.8) is 0 Å². The molecule has 0 saturated carbocycles. The fourth-order valence-corrected chi connectivity index (χ4v) is 4.42. The molecule has 0 aliphatic carbocycles. The molecule has 1 aliphatic heterocycles. The Hall–Kier alpha value is -2.32. The first-order chi connectivity index (χ1) is 13.0. The van der Waals surface area contributed by atoms with Crippen LogP contribution in [0.4, 0.5) is 5.69 Å². The van der Waals surface area contributed by atoms with Gasteiger partial charge in [-0.05, 0) is 30.0 Å². The molecule has 0 unspecified atom stereocenters. The zero-order chi connectivity index (χ0) is 19.2. The highest BCUT2D eigenvalue weighted by Crippen LogP contribution is 2.37. The SMILES string of the molecule is C[C@@H]1CCN(C(=O)COC(=O)CNC(=O)c2cccs2)c2ccccc2S1. The highest BCUT2D eigenvalue weighted by molar-refractivity contribution is 8.00. The quantitative estimate of drug-likeness (QED) is 0.776. The average Bonchev–Trinajstić information content (AvgIpc) is 3.14. The van der Waals surface area contributed by atoms with Gasteiger partial charge in [-0.15, -0.1) is 23.1 Å². The molecule has 3 rings (SSSR count). The Morgan fingerprint density at radius 2 is 2.04 bits per heavy atom. The van der Waals surface area contributed by atoms with E-state index < -0.39 is 5.97 Å². The fourth-order valence-electron chi connectivity index (χ4n) is 2.66. The Morgan fingerprint density at radius 1 is 1.22 bits per heavy atom. The number of ether oxygens (including phenoxy) is 1. The smallest absolute Gasteiger partial charge is 0.325 e. The Kier molecular flexibility index (Phi) is 6.52. The number of nitrogens with one attached hydrogen (secondary N) is 1. The van der Waals surface area contributed by atoms with Crippen LogP contribution < -0.4 is 10.2 Å². The van der Waals surface area contributed by atoms with E-state index in [1.807, 2.05) is 24.3 Å². The van der Waals surface area contributed by atoms with E-state index in [4.69, 9.17) is 4.74 Å². The lowest BCUT2D eigenvalue weighted by Crippen LogP contribution is -2.37. The van der Waals surface area contributed by atoms with Crippen molar-refractivity contribution in [2.24, 2.45) is 0 Å². The molecule has 6 nitrogen and oxygen atoms in total. The largest absolute Gasteiger partial charge is 0.454 e. The number of hydrogen-bond donors (Lipinski definition) is 1. The lowest BCUT2D eigenvalue weighted by molar-refractivity contribution is -0.146. The number of hydrogen-bond acceptors (Lipinski definition) is 6. The second-order valence-corrected chi connectivity index (χ2v) is 8.48. The maximum absolute atomic E-state index is 12.6. The van der Waals surface area contributed by atoms with E-state index in [0.717, 1.165) is 17.0 Å². The highest BCUT2D eigenvalue weighted by atomic mass is 32.2. The molecule has 0 fully saturated rings. The summed E-state index contributed by atoms with van der Waals surface area (Å²) in [5.41, 5.74) is 0.846. The average molecular weight is 405 g/mol. The summed E-state index contributed by atoms with van der Waals surface area (Å²) >= 11 is 3.03. The maximum atomic E-state index is 12.6. The molecule has 1 aromatic carbocycles. The van der Waals surface area contributed by atoms with Crippen molar-refractivity contribution in [1.29, 1.82) is 0 Å². The van der Waals surface area contributed by atoms with Crippen LogP contribution in [-0.2, 0) is 14.3 Å². The van der Waals surface area contributed by atoms with Gasteiger partial charge in [0.15, 0.2) is 6.61 Å². The number of nitrogens with zero attached hydrogens (tertiary/aromatic N) is 1. The number of carbonyl (C=O) groups is 3. The van der Waals surface area contributed by atoms with Crippen LogP contribution >= 0.6 is 23.1 Å². The molecule has 1 aliphatic rings. The van der Waals surface area contributed by atoms with Crippen molar-refractivity contribution >= 4 is 46.6 Å². The minimum absolute atomic E-state index is 0.268. The lowest BCUT2D eigenvalue weighted by atomic mass is 10.2. The molecule has 1 aromatic heterocycles. The van der Waals surface area contributed by atoms with Gasteiger partial charge in [0.2, 0.25) is 0 Å². The molecule has 2 amide bonds. The first-order valence-corrected chi connectivity index (χ1v) is 10.3. The number of thioether (sulfide) groups is 1. The van der Waals surface area contributed by atoms with Crippen LogP contribution in [0.2, 0.25) is 0 Å². The summed E-state index contributed by atoms with van der Waals surface area (Å²) < 4.78 is 5.06. The van der Waals surface area contributed by atoms with Crippen molar-refractivity contribution in [2.75, 3.05) is 24.6 Å². The summed E-state index contributed by atoms with van der Waals surface area (Å²) in [6, 6.07) is 11.2. The molecule has 142 valence electrons. The van der Waals surface area contributed by atoms with Crippen LogP contribution in [0.3, 0.4) is 0 Å². The second kappa shape index (κ2) is 9.05. The van der Waals surface area contributed by atoms with Crippen LogP contribution in [0.15, 0.2) is 46.7 Å². The van der Waals surface area contributed by atoms with E-state index in [2.05, 4.69) is 12.2 Å². The summed E-state index contributed by atoms with van der Waals surface area (Å²) in [4.78, 5) is 39.5. The van der Waals surface area contributed by atoms with Crippen LogP contribution in [0.1, 0.15) is 23.0 Å². The highest BCUT2D eigenvalue weighted by Gasteiger charge is 2.24. The second-order valence-electron chi connectivity index (χ2n) is 6.05. The van der Waals surface area contributed by atoms with E-state index in [-0.39, 0.29) is 25.0 Å². The normalized spacial score (nSPS) is 16.2. The third-order valence-electron chi connectivity index (χ3n) is 4.04. The van der Waals surface area contributed by atoms with Gasteiger partial charge in [-0.25, -0.2) is 0 Å². The third kappa shape index (κ3) is 5.11. The van der Waals surface area contributed by atoms with Gasteiger partial charge >= 0.3 is 5.97 Å². The number of esters is 1. The first-order valence-electron chi connectivity index (χ1n) is 8.58. The molecule has 1 N–H and O–H groups in total. The van der Waals surface area contributed by atoms with Gasteiger partial charge in [-0.3, -0.25) is 14.4 Å². The van der Waals surface area contributed by atoms with Crippen LogP contribution in [0.25, 0.3) is 0 Å². The standard InChI is InChI=1S/C19H20N2O4S2/c1-13-8-9-21(14-5-2-3-6-15(14)27-13)17(22)12-25-18(23)11-20-19(24)16-7-4-10-26-16/h2-7,10,13H,8-9,11-12H2,1H3,(H,20,24)/t13-/m1/s1. The summed E-state index contributed by atoms with van der Waals surface area (Å²) in [7, 11) is 0. The maximum Gasteiger partial charge on any atom is 0.325 e. The van der Waals surface area contributed by atoms with Gasteiger partial charge in [0, 0.05) is 16.7 Å². The van der Waals surface area contributed by atoms with Crippen LogP contribution in [0, 0.1) is 0 Å². The van der Waals surface area contributed by atoms with Gasteiger partial charge in [-0.1, -0.05) is 25.1 Å². The van der Waals surface area contributed by atoms with Gasteiger partial charge in [0.05, 0.1) is 10.6 Å². The predicted molar refractivity (Wildman–Crippen MR) is 106 cm³/mol. The van der Waals surface area contributed by atoms with E-state index in [9.17, 15) is 14.4 Å². The van der Waals surface area contributed by atoms with E-state index in [0.29, 0.717) is 16.7 Å². The zero-order valence-electron chi connectivity index (χ0n) is 14.8. The van der Waals surface area contributed by atoms with Crippen LogP contribution in [-0.4, -0.2) is 42.7 Å². The number of rotatable bonds is 5. The van der Waals surface area contributed by atoms with Gasteiger partial charge < -0.3 is 15.0 Å². The number of carbonyl (C=O) groups excluding carboxylic acids is 3. The van der Waals surface area contributed by atoms with Crippen molar-refractivity contribution in [1.82, 2.24) is 5.32 Å². The minimum Gasteiger partial charge on any atom is -0.454 e. The molecule has 27 heavy (non-hydrogen) atoms. The van der Waals surface area contributed by atoms with Gasteiger partial charge in [0.25, 0.3) is 11.8 Å². The fraction of sp³-hybridized carbons (Fsp3) is 0.316. The Morgan fingerprint density at radius 3 is 2.81 bits per heavy atom. The van der Waals surface area contributed by atoms with Crippen molar-refractivity contribution in [2.45, 2.75) is 23.5 Å². The van der Waals surface area contributed by atoms with Gasteiger partial charge in [0.1, 0.15) is 6.54 Å². The third-order valence-corrected chi connectivity index (χ3v) is 6.15. The topological polar surface area (TPSA) is 75.7 Å². The van der Waals surface area contributed by atoms with E-state index in [1.54, 1.807) is 34.2 Å².